The van der Waals surface area contributed by atoms with E-state index in [2.05, 4.69) is 21.2 Å². The third-order valence-corrected chi connectivity index (χ3v) is 6.82. The Morgan fingerprint density at radius 2 is 1.66 bits per heavy atom. The molecule has 0 saturated carbocycles. The van der Waals surface area contributed by atoms with Crippen LogP contribution in [0.1, 0.15) is 0 Å². The molecule has 0 spiro atoms. The Kier molecular flexibility index (Phi) is 6.62. The molecule has 1 N–H and O–H groups in total. The van der Waals surface area contributed by atoms with Crippen LogP contribution >= 0.6 is 15.9 Å². The van der Waals surface area contributed by atoms with Crippen LogP contribution in [-0.2, 0) is 14.8 Å². The minimum absolute atomic E-state index is 0.0332. The van der Waals surface area contributed by atoms with Gasteiger partial charge in [-0.15, -0.1) is 0 Å². The number of halogens is 4. The number of nitrogens with zero attached hydrogens (tertiary/aromatic N) is 2. The molecule has 0 radical (unpaired) electrons. The highest BCUT2D eigenvalue weighted by Crippen LogP contribution is 2.21. The second kappa shape index (κ2) is 8.82. The fraction of sp³-hybridized carbons (Fsp3) is 0.278. The summed E-state index contributed by atoms with van der Waals surface area (Å²) < 4.78 is 67.1. The van der Waals surface area contributed by atoms with Gasteiger partial charge < -0.3 is 5.32 Å². The first kappa shape index (κ1) is 21.8. The molecule has 0 atom stereocenters. The summed E-state index contributed by atoms with van der Waals surface area (Å²) in [5.74, 6) is -3.36. The molecule has 2 aromatic carbocycles. The van der Waals surface area contributed by atoms with E-state index in [-0.39, 0.29) is 43.3 Å². The molecule has 156 valence electrons. The Labute approximate surface area is 174 Å². The van der Waals surface area contributed by atoms with E-state index < -0.39 is 33.4 Å². The molecule has 1 aliphatic rings. The third-order valence-electron chi connectivity index (χ3n) is 4.43. The van der Waals surface area contributed by atoms with E-state index in [1.807, 2.05) is 0 Å². The number of carbonyl (C=O) groups excluding carboxylic acids is 1. The first-order chi connectivity index (χ1) is 13.7. The zero-order valence-corrected chi connectivity index (χ0v) is 17.4. The molecule has 1 fully saturated rings. The monoisotopic (exact) mass is 491 g/mol. The number of rotatable bonds is 5. The van der Waals surface area contributed by atoms with Gasteiger partial charge in [-0.05, 0) is 36.4 Å². The molecular formula is C18H17BrF3N3O3S. The number of anilines is 1. The van der Waals surface area contributed by atoms with Crippen molar-refractivity contribution in [3.63, 3.8) is 0 Å². The molecule has 0 bridgehead atoms. The van der Waals surface area contributed by atoms with Crippen molar-refractivity contribution in [2.45, 2.75) is 4.90 Å². The van der Waals surface area contributed by atoms with Crippen molar-refractivity contribution in [3.05, 3.63) is 58.3 Å². The zero-order valence-electron chi connectivity index (χ0n) is 15.0. The smallest absolute Gasteiger partial charge is 0.243 e. The van der Waals surface area contributed by atoms with Crippen molar-refractivity contribution >= 4 is 37.5 Å². The number of hydrogen-bond acceptors (Lipinski definition) is 4. The average Bonchev–Trinajstić information content (AvgIpc) is 2.66. The highest BCUT2D eigenvalue weighted by Gasteiger charge is 2.29. The number of amides is 1. The average molecular weight is 492 g/mol. The van der Waals surface area contributed by atoms with Crippen LogP contribution in [0.2, 0.25) is 0 Å². The van der Waals surface area contributed by atoms with E-state index in [9.17, 15) is 26.4 Å². The van der Waals surface area contributed by atoms with E-state index in [1.165, 1.54) is 12.1 Å². The van der Waals surface area contributed by atoms with Crippen LogP contribution in [0.25, 0.3) is 0 Å². The fourth-order valence-corrected chi connectivity index (χ4v) is 4.67. The maximum atomic E-state index is 13.8. The topological polar surface area (TPSA) is 69.7 Å². The van der Waals surface area contributed by atoms with E-state index >= 15 is 0 Å². The fourth-order valence-electron chi connectivity index (χ4n) is 2.90. The van der Waals surface area contributed by atoms with Crippen LogP contribution in [0.5, 0.6) is 0 Å². The van der Waals surface area contributed by atoms with Crippen molar-refractivity contribution < 1.29 is 26.4 Å². The van der Waals surface area contributed by atoms with E-state index in [1.54, 1.807) is 11.0 Å². The van der Waals surface area contributed by atoms with Gasteiger partial charge in [-0.25, -0.2) is 21.6 Å². The van der Waals surface area contributed by atoms with Gasteiger partial charge in [-0.1, -0.05) is 15.9 Å². The minimum atomic E-state index is -3.97. The lowest BCUT2D eigenvalue weighted by atomic mass is 10.3. The molecule has 0 aromatic heterocycles. The first-order valence-corrected chi connectivity index (χ1v) is 10.8. The van der Waals surface area contributed by atoms with Crippen molar-refractivity contribution in [3.8, 4) is 0 Å². The van der Waals surface area contributed by atoms with Gasteiger partial charge in [-0.2, -0.15) is 4.31 Å². The summed E-state index contributed by atoms with van der Waals surface area (Å²) in [5.41, 5.74) is 0.0535. The molecule has 1 saturated heterocycles. The molecule has 2 aromatic rings. The normalized spacial score (nSPS) is 16.0. The molecule has 0 aliphatic carbocycles. The van der Waals surface area contributed by atoms with Crippen molar-refractivity contribution in [1.29, 1.82) is 0 Å². The zero-order chi connectivity index (χ0) is 21.2. The van der Waals surface area contributed by atoms with E-state index in [4.69, 9.17) is 0 Å². The molecule has 0 unspecified atom stereocenters. The summed E-state index contributed by atoms with van der Waals surface area (Å²) in [4.78, 5) is 13.5. The van der Waals surface area contributed by atoms with Gasteiger partial charge in [-0.3, -0.25) is 9.69 Å². The van der Waals surface area contributed by atoms with Crippen molar-refractivity contribution in [1.82, 2.24) is 9.21 Å². The highest BCUT2D eigenvalue weighted by atomic mass is 79.9. The lowest BCUT2D eigenvalue weighted by molar-refractivity contribution is -0.117. The lowest BCUT2D eigenvalue weighted by Gasteiger charge is -2.33. The number of piperazine rings is 1. The molecule has 29 heavy (non-hydrogen) atoms. The van der Waals surface area contributed by atoms with Crippen LogP contribution in [0.4, 0.5) is 18.9 Å². The standard InChI is InChI=1S/C18H17BrF3N3O3S/c19-12-1-4-17(16(22)9-12)23-18(26)11-24-5-7-25(8-6-24)29(27,28)13-2-3-14(20)15(21)10-13/h1-4,9-10H,5-8,11H2,(H,23,26). The van der Waals surface area contributed by atoms with Gasteiger partial charge in [0.2, 0.25) is 15.9 Å². The third kappa shape index (κ3) is 5.16. The predicted octanol–water partition coefficient (Wildman–Crippen LogP) is 2.81. The van der Waals surface area contributed by atoms with Crippen molar-refractivity contribution in [2.75, 3.05) is 38.0 Å². The highest BCUT2D eigenvalue weighted by molar-refractivity contribution is 9.10. The SMILES string of the molecule is O=C(CN1CCN(S(=O)(=O)c2ccc(F)c(F)c2)CC1)Nc1ccc(Br)cc1F. The Morgan fingerprint density at radius 1 is 0.966 bits per heavy atom. The second-order valence-corrected chi connectivity index (χ2v) is 9.28. The van der Waals surface area contributed by atoms with Gasteiger partial charge in [0.25, 0.3) is 0 Å². The summed E-state index contributed by atoms with van der Waals surface area (Å²) in [5, 5.41) is 2.48. The van der Waals surface area contributed by atoms with Gasteiger partial charge in [0, 0.05) is 30.7 Å². The quantitative estimate of drug-likeness (QED) is 0.698. The Balaban J connectivity index is 1.57. The summed E-state index contributed by atoms with van der Waals surface area (Å²) in [6.07, 6.45) is 0. The molecule has 11 heteroatoms. The number of sulfonamides is 1. The largest absolute Gasteiger partial charge is 0.322 e. The number of carbonyl (C=O) groups is 1. The lowest BCUT2D eigenvalue weighted by Crippen LogP contribution is -2.50. The van der Waals surface area contributed by atoms with Crippen molar-refractivity contribution in [2.24, 2.45) is 0 Å². The summed E-state index contributed by atoms with van der Waals surface area (Å²) in [6.45, 7) is 0.662. The molecule has 1 aliphatic heterocycles. The second-order valence-electron chi connectivity index (χ2n) is 6.43. The minimum Gasteiger partial charge on any atom is -0.322 e. The summed E-state index contributed by atoms with van der Waals surface area (Å²) >= 11 is 3.13. The van der Waals surface area contributed by atoms with E-state index in [0.717, 1.165) is 16.4 Å². The Bertz CT molecular complexity index is 1030. The van der Waals surface area contributed by atoms with Crippen LogP contribution in [0.15, 0.2) is 45.8 Å². The van der Waals surface area contributed by atoms with Crippen LogP contribution in [0.3, 0.4) is 0 Å². The maximum absolute atomic E-state index is 13.8. The molecule has 1 amide bonds. The molecule has 3 rings (SSSR count). The maximum Gasteiger partial charge on any atom is 0.243 e. The predicted molar refractivity (Wildman–Crippen MR) is 104 cm³/mol. The summed E-state index contributed by atoms with van der Waals surface area (Å²) in [7, 11) is -3.97. The number of benzene rings is 2. The Hall–Kier alpha value is -1.95. The van der Waals surface area contributed by atoms with Gasteiger partial charge in [0.1, 0.15) is 5.82 Å². The van der Waals surface area contributed by atoms with Crippen LogP contribution < -0.4 is 5.32 Å². The molecular weight excluding hydrogens is 475 g/mol. The molecule has 1 heterocycles. The van der Waals surface area contributed by atoms with Gasteiger partial charge in [0.05, 0.1) is 17.1 Å². The van der Waals surface area contributed by atoms with Gasteiger partial charge >= 0.3 is 0 Å². The van der Waals surface area contributed by atoms with Crippen LogP contribution in [0, 0.1) is 17.5 Å². The number of hydrogen-bond donors (Lipinski definition) is 1. The van der Waals surface area contributed by atoms with Crippen LogP contribution in [-0.4, -0.2) is 56.3 Å². The number of nitrogens with one attached hydrogen (secondary N) is 1. The first-order valence-electron chi connectivity index (χ1n) is 8.59. The molecule has 6 nitrogen and oxygen atoms in total. The Morgan fingerprint density at radius 3 is 2.28 bits per heavy atom. The van der Waals surface area contributed by atoms with Gasteiger partial charge in [0.15, 0.2) is 11.6 Å². The summed E-state index contributed by atoms with van der Waals surface area (Å²) in [6, 6.07) is 6.70. The van der Waals surface area contributed by atoms with E-state index in [0.29, 0.717) is 10.5 Å².